The number of aryl methyl sites for hydroxylation is 1. The van der Waals surface area contributed by atoms with Gasteiger partial charge < -0.3 is 16.0 Å². The van der Waals surface area contributed by atoms with E-state index < -0.39 is 5.54 Å². The molecule has 5 heteroatoms. The number of nitrogens with two attached hydrogens (primary N) is 1. The first-order chi connectivity index (χ1) is 14.4. The molecular formula is C26H41N3O2. The smallest absolute Gasteiger partial charge is 0.222 e. The van der Waals surface area contributed by atoms with Crippen LogP contribution in [0.25, 0.3) is 0 Å². The van der Waals surface area contributed by atoms with E-state index >= 15 is 0 Å². The van der Waals surface area contributed by atoms with Crippen molar-refractivity contribution in [2.75, 3.05) is 14.1 Å². The van der Waals surface area contributed by atoms with E-state index in [-0.39, 0.29) is 34.6 Å². The minimum absolute atomic E-state index is 0.0265. The maximum Gasteiger partial charge on any atom is 0.222 e. The average molecular weight is 428 g/mol. The maximum atomic E-state index is 12.8. The highest BCUT2D eigenvalue weighted by molar-refractivity contribution is 5.83. The minimum Gasteiger partial charge on any atom is -0.353 e. The van der Waals surface area contributed by atoms with Crippen LogP contribution in [0.3, 0.4) is 0 Å². The van der Waals surface area contributed by atoms with Gasteiger partial charge in [-0.25, -0.2) is 0 Å². The largest absolute Gasteiger partial charge is 0.353 e. The number of carbonyl (C=O) groups excluding carboxylic acids is 2. The second-order valence-corrected chi connectivity index (χ2v) is 11.0. The van der Waals surface area contributed by atoms with Crippen LogP contribution >= 0.6 is 0 Å². The molecule has 2 fully saturated rings. The fourth-order valence-corrected chi connectivity index (χ4v) is 5.90. The van der Waals surface area contributed by atoms with Crippen LogP contribution < -0.4 is 11.1 Å². The van der Waals surface area contributed by atoms with Crippen molar-refractivity contribution in [3.63, 3.8) is 0 Å². The molecule has 2 atom stereocenters. The van der Waals surface area contributed by atoms with Crippen molar-refractivity contribution in [2.24, 2.45) is 17.1 Å². The van der Waals surface area contributed by atoms with Gasteiger partial charge in [-0.1, -0.05) is 43.7 Å². The van der Waals surface area contributed by atoms with E-state index in [9.17, 15) is 9.59 Å². The van der Waals surface area contributed by atoms with Gasteiger partial charge >= 0.3 is 0 Å². The lowest BCUT2D eigenvalue weighted by molar-refractivity contribution is -0.145. The molecule has 2 aliphatic rings. The van der Waals surface area contributed by atoms with E-state index in [0.717, 1.165) is 32.1 Å². The lowest BCUT2D eigenvalue weighted by Gasteiger charge is -2.59. The van der Waals surface area contributed by atoms with E-state index in [2.05, 4.69) is 55.5 Å². The molecule has 0 heterocycles. The zero-order chi connectivity index (χ0) is 23.0. The van der Waals surface area contributed by atoms with E-state index in [0.29, 0.717) is 12.8 Å². The van der Waals surface area contributed by atoms with Crippen LogP contribution in [0.5, 0.6) is 0 Å². The SMILES string of the molecule is CC(=O)C1CC(N)(CC(=O)NC2CCC(Cc3cccc(C)c3)(N(C)C)CC2)C1(C)C. The maximum absolute atomic E-state index is 12.8. The normalized spacial score (nSPS) is 32.4. The predicted octanol–water partition coefficient (Wildman–Crippen LogP) is 3.62. The molecule has 3 rings (SSSR count). The fourth-order valence-electron chi connectivity index (χ4n) is 5.90. The zero-order valence-electron chi connectivity index (χ0n) is 20.3. The second kappa shape index (κ2) is 8.67. The van der Waals surface area contributed by atoms with Gasteiger partial charge in [-0.05, 0) is 77.4 Å². The molecule has 31 heavy (non-hydrogen) atoms. The Hall–Kier alpha value is -1.72. The summed E-state index contributed by atoms with van der Waals surface area (Å²) in [6.07, 6.45) is 6.01. The molecular weight excluding hydrogens is 386 g/mol. The fraction of sp³-hybridized carbons (Fsp3) is 0.692. The first kappa shape index (κ1) is 23.9. The highest BCUT2D eigenvalue weighted by atomic mass is 16.1. The number of Topliss-reactive ketones (excluding diaryl/α,β-unsaturated/α-hetero) is 1. The molecule has 1 aromatic carbocycles. The number of hydrogen-bond acceptors (Lipinski definition) is 4. The summed E-state index contributed by atoms with van der Waals surface area (Å²) in [7, 11) is 4.36. The standard InChI is InChI=1S/C26H41N3O2/c1-18-8-7-9-20(14-18)15-25(29(5)6)12-10-21(11-13-25)28-23(31)17-26(27)16-22(19(2)30)24(26,3)4/h7-9,14,21-22H,10-13,15-17,27H2,1-6H3,(H,28,31). The number of amides is 1. The van der Waals surface area contributed by atoms with Gasteiger partial charge in [0.15, 0.2) is 0 Å². The van der Waals surface area contributed by atoms with Crippen molar-refractivity contribution in [3.05, 3.63) is 35.4 Å². The number of rotatable bonds is 7. The quantitative estimate of drug-likeness (QED) is 0.697. The summed E-state index contributed by atoms with van der Waals surface area (Å²) in [4.78, 5) is 27.0. The van der Waals surface area contributed by atoms with Crippen LogP contribution in [0.4, 0.5) is 0 Å². The molecule has 5 nitrogen and oxygen atoms in total. The molecule has 0 saturated heterocycles. The molecule has 0 aliphatic heterocycles. The van der Waals surface area contributed by atoms with Gasteiger partial charge in [0.25, 0.3) is 0 Å². The van der Waals surface area contributed by atoms with Crippen molar-refractivity contribution < 1.29 is 9.59 Å². The number of carbonyl (C=O) groups is 2. The average Bonchev–Trinajstić information content (AvgIpc) is 2.67. The van der Waals surface area contributed by atoms with Crippen molar-refractivity contribution in [1.29, 1.82) is 0 Å². The highest BCUT2D eigenvalue weighted by Crippen LogP contribution is 2.54. The topological polar surface area (TPSA) is 75.4 Å². The summed E-state index contributed by atoms with van der Waals surface area (Å²) < 4.78 is 0. The Bertz CT molecular complexity index is 824. The van der Waals surface area contributed by atoms with Crippen LogP contribution in [-0.4, -0.2) is 47.8 Å². The molecule has 172 valence electrons. The van der Waals surface area contributed by atoms with Crippen molar-refractivity contribution >= 4 is 11.7 Å². The molecule has 0 radical (unpaired) electrons. The Labute approximate surface area is 188 Å². The third-order valence-corrected chi connectivity index (χ3v) is 8.54. The number of ketones is 1. The second-order valence-electron chi connectivity index (χ2n) is 11.0. The Kier molecular flexibility index (Phi) is 6.69. The minimum atomic E-state index is -0.597. The monoisotopic (exact) mass is 427 g/mol. The third kappa shape index (κ3) is 4.73. The van der Waals surface area contributed by atoms with Gasteiger partial charge in [0.2, 0.25) is 5.91 Å². The number of nitrogens with zero attached hydrogens (tertiary/aromatic N) is 1. The molecule has 3 N–H and O–H groups in total. The first-order valence-electron chi connectivity index (χ1n) is 11.7. The van der Waals surface area contributed by atoms with E-state index in [4.69, 9.17) is 5.73 Å². The lowest BCUT2D eigenvalue weighted by Crippen LogP contribution is -2.69. The highest BCUT2D eigenvalue weighted by Gasteiger charge is 2.59. The molecule has 0 spiro atoms. The van der Waals surface area contributed by atoms with E-state index in [1.54, 1.807) is 6.92 Å². The van der Waals surface area contributed by atoms with Gasteiger partial charge in [-0.2, -0.15) is 0 Å². The first-order valence-corrected chi connectivity index (χ1v) is 11.7. The van der Waals surface area contributed by atoms with Crippen LogP contribution in [-0.2, 0) is 16.0 Å². The molecule has 1 aromatic rings. The number of hydrogen-bond donors (Lipinski definition) is 2. The summed E-state index contributed by atoms with van der Waals surface area (Å²) in [6.45, 7) is 7.81. The molecule has 0 aromatic heterocycles. The number of likely N-dealkylation sites (N-methyl/N-ethyl adjacent to an activating group) is 1. The van der Waals surface area contributed by atoms with Crippen LogP contribution in [0.1, 0.15) is 70.4 Å². The Morgan fingerprint density at radius 3 is 2.35 bits per heavy atom. The van der Waals surface area contributed by atoms with Crippen LogP contribution in [0.15, 0.2) is 24.3 Å². The zero-order valence-corrected chi connectivity index (χ0v) is 20.3. The summed E-state index contributed by atoms with van der Waals surface area (Å²) in [5.74, 6) is 0.160. The van der Waals surface area contributed by atoms with Crippen LogP contribution in [0.2, 0.25) is 0 Å². The van der Waals surface area contributed by atoms with E-state index in [1.807, 2.05) is 13.8 Å². The number of benzene rings is 1. The molecule has 2 saturated carbocycles. The van der Waals surface area contributed by atoms with E-state index in [1.165, 1.54) is 11.1 Å². The van der Waals surface area contributed by atoms with Gasteiger partial charge in [0.1, 0.15) is 5.78 Å². The summed E-state index contributed by atoms with van der Waals surface area (Å²) in [5, 5.41) is 3.25. The number of nitrogens with one attached hydrogen (secondary N) is 1. The van der Waals surface area contributed by atoms with Crippen molar-refractivity contribution in [2.45, 2.75) is 89.8 Å². The molecule has 0 bridgehead atoms. The molecule has 2 aliphatic carbocycles. The van der Waals surface area contributed by atoms with Crippen molar-refractivity contribution in [1.82, 2.24) is 10.2 Å². The summed E-state index contributed by atoms with van der Waals surface area (Å²) >= 11 is 0. The van der Waals surface area contributed by atoms with Gasteiger partial charge in [0.05, 0.1) is 0 Å². The summed E-state index contributed by atoms with van der Waals surface area (Å²) in [5.41, 5.74) is 8.46. The Balaban J connectivity index is 1.56. The molecule has 1 amide bonds. The van der Waals surface area contributed by atoms with Gasteiger partial charge in [-0.3, -0.25) is 9.59 Å². The van der Waals surface area contributed by atoms with Gasteiger partial charge in [0, 0.05) is 29.5 Å². The summed E-state index contributed by atoms with van der Waals surface area (Å²) in [6, 6.07) is 9.00. The van der Waals surface area contributed by atoms with Crippen molar-refractivity contribution in [3.8, 4) is 0 Å². The third-order valence-electron chi connectivity index (χ3n) is 8.54. The van der Waals surface area contributed by atoms with Crippen LogP contribution in [0, 0.1) is 18.3 Å². The Morgan fingerprint density at radius 1 is 1.19 bits per heavy atom. The predicted molar refractivity (Wildman–Crippen MR) is 126 cm³/mol. The Morgan fingerprint density at radius 2 is 1.84 bits per heavy atom. The molecule has 2 unspecified atom stereocenters. The lowest BCUT2D eigenvalue weighted by atomic mass is 9.48. The van der Waals surface area contributed by atoms with Gasteiger partial charge in [-0.15, -0.1) is 0 Å².